The molecule has 0 spiro atoms. The van der Waals surface area contributed by atoms with E-state index in [4.69, 9.17) is 9.52 Å². The normalized spacial score (nSPS) is 10.5. The van der Waals surface area contributed by atoms with E-state index in [0.717, 1.165) is 10.5 Å². The average molecular weight is 249 g/mol. The highest BCUT2D eigenvalue weighted by Crippen LogP contribution is 2.24. The van der Waals surface area contributed by atoms with Crippen molar-refractivity contribution >= 4 is 17.7 Å². The third kappa shape index (κ3) is 2.34. The topological polar surface area (TPSA) is 63.3 Å². The Hall–Kier alpha value is -1.75. The van der Waals surface area contributed by atoms with Gasteiger partial charge >= 0.3 is 5.97 Å². The Morgan fingerprint density at radius 3 is 2.47 bits per heavy atom. The zero-order valence-electron chi connectivity index (χ0n) is 9.43. The highest BCUT2D eigenvalue weighted by Gasteiger charge is 2.16. The number of hydrogen-bond donors (Lipinski definition) is 1. The summed E-state index contributed by atoms with van der Waals surface area (Å²) in [6.07, 6.45) is 1.99. The molecule has 0 bridgehead atoms. The second kappa shape index (κ2) is 4.63. The lowest BCUT2D eigenvalue weighted by Gasteiger charge is -1.97. The molecule has 2 rings (SSSR count). The summed E-state index contributed by atoms with van der Waals surface area (Å²) in [5.41, 5.74) is 0.743. The van der Waals surface area contributed by atoms with E-state index in [9.17, 15) is 4.79 Å². The summed E-state index contributed by atoms with van der Waals surface area (Å²) in [5, 5.41) is 8.88. The van der Waals surface area contributed by atoms with Crippen LogP contribution in [0.1, 0.15) is 16.2 Å². The van der Waals surface area contributed by atoms with Crippen molar-refractivity contribution in [1.29, 1.82) is 0 Å². The predicted octanol–water partition coefficient (Wildman–Crippen LogP) is 3.07. The van der Waals surface area contributed by atoms with E-state index in [-0.39, 0.29) is 5.69 Å². The summed E-state index contributed by atoms with van der Waals surface area (Å²) >= 11 is 1.64. The van der Waals surface area contributed by atoms with Crippen molar-refractivity contribution in [2.75, 3.05) is 6.26 Å². The van der Waals surface area contributed by atoms with Crippen molar-refractivity contribution in [3.05, 3.63) is 35.7 Å². The first-order valence-corrected chi connectivity index (χ1v) is 6.19. The maximum absolute atomic E-state index is 10.8. The van der Waals surface area contributed by atoms with E-state index in [2.05, 4.69) is 4.98 Å². The van der Waals surface area contributed by atoms with Gasteiger partial charge in [0, 0.05) is 10.5 Å². The first-order valence-electron chi connectivity index (χ1n) is 4.97. The summed E-state index contributed by atoms with van der Waals surface area (Å²) in [4.78, 5) is 15.9. The Morgan fingerprint density at radius 1 is 1.35 bits per heavy atom. The van der Waals surface area contributed by atoms with Gasteiger partial charge in [0.2, 0.25) is 5.89 Å². The van der Waals surface area contributed by atoms with Crippen molar-refractivity contribution < 1.29 is 14.3 Å². The number of oxazole rings is 1. The Morgan fingerprint density at radius 2 is 2.00 bits per heavy atom. The summed E-state index contributed by atoms with van der Waals surface area (Å²) in [6.45, 7) is 1.59. The third-order valence-electron chi connectivity index (χ3n) is 2.34. The standard InChI is InChI=1S/C12H11NO3S/c1-7-10(12(14)15)13-11(16-7)8-3-5-9(17-2)6-4-8/h3-6H,1-2H3,(H,14,15). The Kier molecular flexibility index (Phi) is 3.19. The molecule has 0 saturated carbocycles. The van der Waals surface area contributed by atoms with Crippen LogP contribution in [-0.2, 0) is 0 Å². The maximum atomic E-state index is 10.8. The van der Waals surface area contributed by atoms with E-state index in [0.29, 0.717) is 11.7 Å². The van der Waals surface area contributed by atoms with Gasteiger partial charge in [-0.05, 0) is 37.4 Å². The molecule has 5 heteroatoms. The van der Waals surface area contributed by atoms with E-state index >= 15 is 0 Å². The van der Waals surface area contributed by atoms with Crippen LogP contribution in [0.4, 0.5) is 0 Å². The van der Waals surface area contributed by atoms with Gasteiger partial charge in [-0.1, -0.05) is 0 Å². The molecule has 0 saturated heterocycles. The smallest absolute Gasteiger partial charge is 0.358 e. The number of carbonyl (C=O) groups is 1. The molecular formula is C12H11NO3S. The zero-order chi connectivity index (χ0) is 12.4. The highest BCUT2D eigenvalue weighted by atomic mass is 32.2. The molecular weight excluding hydrogens is 238 g/mol. The lowest BCUT2D eigenvalue weighted by molar-refractivity contribution is 0.0689. The Bertz CT molecular complexity index is 545. The molecule has 0 aliphatic rings. The van der Waals surface area contributed by atoms with E-state index in [1.807, 2.05) is 30.5 Å². The van der Waals surface area contributed by atoms with Gasteiger partial charge in [0.05, 0.1) is 0 Å². The number of carboxylic acid groups (broad SMARTS) is 1. The summed E-state index contributed by atoms with van der Waals surface area (Å²) in [5.74, 6) is -0.410. The Labute approximate surface area is 103 Å². The van der Waals surface area contributed by atoms with Crippen LogP contribution in [0.5, 0.6) is 0 Å². The summed E-state index contributed by atoms with van der Waals surface area (Å²) in [7, 11) is 0. The van der Waals surface area contributed by atoms with Crippen molar-refractivity contribution in [3.8, 4) is 11.5 Å². The fourth-order valence-electron chi connectivity index (χ4n) is 1.45. The molecule has 0 unspecified atom stereocenters. The number of rotatable bonds is 3. The molecule has 1 N–H and O–H groups in total. The number of aromatic carboxylic acids is 1. The molecule has 17 heavy (non-hydrogen) atoms. The number of benzene rings is 1. The first-order chi connectivity index (χ1) is 8.11. The summed E-state index contributed by atoms with van der Waals surface area (Å²) < 4.78 is 5.34. The fourth-order valence-corrected chi connectivity index (χ4v) is 1.86. The van der Waals surface area contributed by atoms with Gasteiger partial charge in [-0.25, -0.2) is 9.78 Å². The van der Waals surface area contributed by atoms with E-state index in [1.54, 1.807) is 18.7 Å². The quantitative estimate of drug-likeness (QED) is 0.847. The van der Waals surface area contributed by atoms with Crippen LogP contribution in [-0.4, -0.2) is 22.3 Å². The summed E-state index contributed by atoms with van der Waals surface area (Å²) in [6, 6.07) is 7.62. The van der Waals surface area contributed by atoms with Crippen LogP contribution in [0.25, 0.3) is 11.5 Å². The van der Waals surface area contributed by atoms with Gasteiger partial charge in [0.15, 0.2) is 5.69 Å². The molecule has 1 aromatic heterocycles. The molecule has 0 radical (unpaired) electrons. The minimum absolute atomic E-state index is 0.0334. The highest BCUT2D eigenvalue weighted by molar-refractivity contribution is 7.98. The molecule has 0 amide bonds. The second-order valence-electron chi connectivity index (χ2n) is 3.46. The number of hydrogen-bond acceptors (Lipinski definition) is 4. The largest absolute Gasteiger partial charge is 0.476 e. The van der Waals surface area contributed by atoms with Gasteiger partial charge < -0.3 is 9.52 Å². The Balaban J connectivity index is 2.39. The third-order valence-corrected chi connectivity index (χ3v) is 3.08. The van der Waals surface area contributed by atoms with Gasteiger partial charge in [-0.3, -0.25) is 0 Å². The molecule has 0 fully saturated rings. The lowest BCUT2D eigenvalue weighted by Crippen LogP contribution is -1.98. The molecule has 2 aromatic rings. The fraction of sp³-hybridized carbons (Fsp3) is 0.167. The number of aryl methyl sites for hydroxylation is 1. The molecule has 0 aliphatic heterocycles. The van der Waals surface area contributed by atoms with E-state index in [1.165, 1.54) is 0 Å². The minimum Gasteiger partial charge on any atom is -0.476 e. The monoisotopic (exact) mass is 249 g/mol. The minimum atomic E-state index is -1.07. The predicted molar refractivity (Wildman–Crippen MR) is 65.4 cm³/mol. The molecule has 1 aromatic carbocycles. The van der Waals surface area contributed by atoms with Gasteiger partial charge in [0.1, 0.15) is 5.76 Å². The van der Waals surface area contributed by atoms with Crippen molar-refractivity contribution in [1.82, 2.24) is 4.98 Å². The lowest BCUT2D eigenvalue weighted by atomic mass is 10.2. The molecule has 4 nitrogen and oxygen atoms in total. The van der Waals surface area contributed by atoms with Crippen LogP contribution in [0, 0.1) is 6.92 Å². The van der Waals surface area contributed by atoms with Gasteiger partial charge in [-0.2, -0.15) is 0 Å². The first kappa shape index (κ1) is 11.7. The van der Waals surface area contributed by atoms with Crippen molar-refractivity contribution in [2.45, 2.75) is 11.8 Å². The average Bonchev–Trinajstić information content (AvgIpc) is 2.71. The number of carboxylic acids is 1. The zero-order valence-corrected chi connectivity index (χ0v) is 10.2. The second-order valence-corrected chi connectivity index (χ2v) is 4.34. The molecule has 1 heterocycles. The SMILES string of the molecule is CSc1ccc(-c2nc(C(=O)O)c(C)o2)cc1. The van der Waals surface area contributed by atoms with Crippen LogP contribution in [0.2, 0.25) is 0 Å². The van der Waals surface area contributed by atoms with Crippen LogP contribution in [0.15, 0.2) is 33.6 Å². The molecule has 0 atom stereocenters. The van der Waals surface area contributed by atoms with Gasteiger partial charge in [-0.15, -0.1) is 11.8 Å². The number of thioether (sulfide) groups is 1. The van der Waals surface area contributed by atoms with Crippen molar-refractivity contribution in [2.24, 2.45) is 0 Å². The molecule has 0 aliphatic carbocycles. The van der Waals surface area contributed by atoms with Gasteiger partial charge in [0.25, 0.3) is 0 Å². The van der Waals surface area contributed by atoms with Crippen LogP contribution < -0.4 is 0 Å². The molecule has 88 valence electrons. The maximum Gasteiger partial charge on any atom is 0.358 e. The van der Waals surface area contributed by atoms with Crippen LogP contribution >= 0.6 is 11.8 Å². The van der Waals surface area contributed by atoms with E-state index < -0.39 is 5.97 Å². The van der Waals surface area contributed by atoms with Crippen LogP contribution in [0.3, 0.4) is 0 Å². The number of aromatic nitrogens is 1. The number of nitrogens with zero attached hydrogens (tertiary/aromatic N) is 1. The van der Waals surface area contributed by atoms with Crippen molar-refractivity contribution in [3.63, 3.8) is 0 Å².